The van der Waals surface area contributed by atoms with E-state index in [4.69, 9.17) is 4.52 Å². The smallest absolute Gasteiger partial charge is 0.292 e. The third-order valence-corrected chi connectivity index (χ3v) is 5.37. The Labute approximate surface area is 138 Å². The van der Waals surface area contributed by atoms with E-state index in [9.17, 15) is 4.79 Å². The molecule has 7 heteroatoms. The highest BCUT2D eigenvalue weighted by Gasteiger charge is 2.32. The molecule has 1 N–H and O–H groups in total. The Kier molecular flexibility index (Phi) is 4.13. The first-order valence-electron chi connectivity index (χ1n) is 8.20. The van der Waals surface area contributed by atoms with E-state index in [1.807, 2.05) is 0 Å². The van der Waals surface area contributed by atoms with Crippen LogP contribution >= 0.6 is 11.3 Å². The minimum atomic E-state index is -0.217. The molecule has 1 amide bonds. The summed E-state index contributed by atoms with van der Waals surface area (Å²) < 4.78 is 5.38. The number of nitrogens with one attached hydrogen (secondary N) is 1. The van der Waals surface area contributed by atoms with E-state index in [1.165, 1.54) is 4.88 Å². The second kappa shape index (κ2) is 6.41. The molecule has 1 saturated heterocycles. The highest BCUT2D eigenvalue weighted by atomic mass is 32.1. The first-order valence-corrected chi connectivity index (χ1v) is 9.08. The summed E-state index contributed by atoms with van der Waals surface area (Å²) >= 11 is 1.79. The molecule has 4 rings (SSSR count). The molecular formula is C16H20N4O2S. The van der Waals surface area contributed by atoms with Gasteiger partial charge in [-0.15, -0.1) is 11.3 Å². The average molecular weight is 332 g/mol. The molecule has 1 saturated carbocycles. The molecule has 23 heavy (non-hydrogen) atoms. The number of hydrogen-bond acceptors (Lipinski definition) is 6. The molecular weight excluding hydrogens is 312 g/mol. The largest absolute Gasteiger partial charge is 0.346 e. The first kappa shape index (κ1) is 14.8. The Morgan fingerprint density at radius 1 is 1.43 bits per heavy atom. The van der Waals surface area contributed by atoms with Crippen LogP contribution in [0.3, 0.4) is 0 Å². The monoisotopic (exact) mass is 332 g/mol. The number of aromatic nitrogens is 2. The lowest BCUT2D eigenvalue weighted by Gasteiger charge is -2.20. The van der Waals surface area contributed by atoms with E-state index < -0.39 is 0 Å². The van der Waals surface area contributed by atoms with Crippen molar-refractivity contribution in [3.63, 3.8) is 0 Å². The van der Waals surface area contributed by atoms with Crippen LogP contribution in [0, 0.1) is 0 Å². The fraction of sp³-hybridized carbons (Fsp3) is 0.562. The Bertz CT molecular complexity index is 665. The van der Waals surface area contributed by atoms with Gasteiger partial charge in [0.25, 0.3) is 11.7 Å². The van der Waals surface area contributed by atoms with Crippen molar-refractivity contribution in [1.29, 1.82) is 0 Å². The van der Waals surface area contributed by atoms with Crippen LogP contribution < -0.4 is 5.32 Å². The van der Waals surface area contributed by atoms with Gasteiger partial charge >= 0.3 is 0 Å². The molecule has 0 unspecified atom stereocenters. The number of carbonyl (C=O) groups is 1. The van der Waals surface area contributed by atoms with Gasteiger partial charge in [-0.3, -0.25) is 9.69 Å². The lowest BCUT2D eigenvalue weighted by Crippen LogP contribution is -2.27. The zero-order valence-corrected chi connectivity index (χ0v) is 13.7. The Morgan fingerprint density at radius 3 is 3.13 bits per heavy atom. The molecule has 0 radical (unpaired) electrons. The number of nitrogens with zero attached hydrogens (tertiary/aromatic N) is 3. The molecule has 2 aromatic rings. The third kappa shape index (κ3) is 3.45. The summed E-state index contributed by atoms with van der Waals surface area (Å²) in [5.41, 5.74) is 0. The normalized spacial score (nSPS) is 21.7. The third-order valence-electron chi connectivity index (χ3n) is 4.43. The highest BCUT2D eigenvalue weighted by Crippen LogP contribution is 2.31. The van der Waals surface area contributed by atoms with Crippen LogP contribution in [0.15, 0.2) is 22.0 Å². The van der Waals surface area contributed by atoms with E-state index in [0.29, 0.717) is 11.9 Å². The number of carbonyl (C=O) groups excluding carboxylic acids is 1. The van der Waals surface area contributed by atoms with Crippen LogP contribution in [0.1, 0.15) is 53.1 Å². The van der Waals surface area contributed by atoms with Gasteiger partial charge in [-0.05, 0) is 50.1 Å². The van der Waals surface area contributed by atoms with Crippen molar-refractivity contribution in [2.24, 2.45) is 0 Å². The van der Waals surface area contributed by atoms with E-state index in [0.717, 1.165) is 45.2 Å². The lowest BCUT2D eigenvalue weighted by atomic mass is 10.2. The number of amides is 1. The lowest BCUT2D eigenvalue weighted by molar-refractivity contribution is 0.0937. The van der Waals surface area contributed by atoms with Crippen LogP contribution in [0.5, 0.6) is 0 Å². The van der Waals surface area contributed by atoms with Crippen molar-refractivity contribution in [2.75, 3.05) is 13.1 Å². The van der Waals surface area contributed by atoms with Crippen LogP contribution in [0.25, 0.3) is 0 Å². The summed E-state index contributed by atoms with van der Waals surface area (Å²) in [6.45, 7) is 2.03. The first-order chi connectivity index (χ1) is 11.3. The van der Waals surface area contributed by atoms with E-state index in [-0.39, 0.29) is 17.8 Å². The standard InChI is InChI=1S/C16H20N4O2S/c21-15(17-11-5-6-11)14-18-16(22-19-14)13-4-1-8-20(13)9-7-12-3-2-10-23-12/h2-3,10-11,13H,1,4-9H2,(H,17,21)/t13-/m1/s1. The van der Waals surface area contributed by atoms with Gasteiger partial charge in [-0.25, -0.2) is 0 Å². The molecule has 6 nitrogen and oxygen atoms in total. The van der Waals surface area contributed by atoms with Gasteiger partial charge in [0, 0.05) is 17.5 Å². The number of hydrogen-bond donors (Lipinski definition) is 1. The summed E-state index contributed by atoms with van der Waals surface area (Å²) in [4.78, 5) is 20.1. The van der Waals surface area contributed by atoms with Crippen molar-refractivity contribution in [1.82, 2.24) is 20.4 Å². The van der Waals surface area contributed by atoms with Gasteiger partial charge in [-0.1, -0.05) is 11.2 Å². The van der Waals surface area contributed by atoms with Gasteiger partial charge in [0.1, 0.15) is 0 Å². The summed E-state index contributed by atoms with van der Waals surface area (Å²) in [5.74, 6) is 0.525. The topological polar surface area (TPSA) is 71.3 Å². The Hall–Kier alpha value is -1.73. The molecule has 3 heterocycles. The van der Waals surface area contributed by atoms with Crippen molar-refractivity contribution in [3.05, 3.63) is 34.1 Å². The maximum absolute atomic E-state index is 12.0. The number of thiophene rings is 1. The van der Waals surface area contributed by atoms with Crippen molar-refractivity contribution in [3.8, 4) is 0 Å². The minimum absolute atomic E-state index is 0.143. The molecule has 0 spiro atoms. The van der Waals surface area contributed by atoms with E-state index in [1.54, 1.807) is 11.3 Å². The molecule has 2 fully saturated rings. The molecule has 122 valence electrons. The van der Waals surface area contributed by atoms with Gasteiger partial charge < -0.3 is 9.84 Å². The second-order valence-corrected chi connectivity index (χ2v) is 7.26. The predicted octanol–water partition coefficient (Wildman–Crippen LogP) is 2.40. The highest BCUT2D eigenvalue weighted by molar-refractivity contribution is 7.09. The van der Waals surface area contributed by atoms with Gasteiger partial charge in [0.05, 0.1) is 6.04 Å². The SMILES string of the molecule is O=C(NC1CC1)c1noc([C@H]2CCCN2CCc2cccs2)n1. The number of rotatable bonds is 6. The molecule has 2 aliphatic rings. The van der Waals surface area contributed by atoms with Crippen molar-refractivity contribution >= 4 is 17.2 Å². The van der Waals surface area contributed by atoms with Crippen molar-refractivity contribution in [2.45, 2.75) is 44.2 Å². The maximum atomic E-state index is 12.0. The van der Waals surface area contributed by atoms with Gasteiger partial charge in [0.2, 0.25) is 5.89 Å². The van der Waals surface area contributed by atoms with E-state index >= 15 is 0 Å². The average Bonchev–Trinajstić information content (AvgIpc) is 3.05. The molecule has 1 atom stereocenters. The summed E-state index contributed by atoms with van der Waals surface area (Å²) in [6, 6.07) is 4.70. The van der Waals surface area contributed by atoms with Crippen molar-refractivity contribution < 1.29 is 9.32 Å². The van der Waals surface area contributed by atoms with Crippen LogP contribution in [-0.4, -0.2) is 40.1 Å². The van der Waals surface area contributed by atoms with E-state index in [2.05, 4.69) is 37.9 Å². The minimum Gasteiger partial charge on any atom is -0.346 e. The predicted molar refractivity (Wildman–Crippen MR) is 86.4 cm³/mol. The van der Waals surface area contributed by atoms with Gasteiger partial charge in [-0.2, -0.15) is 4.98 Å². The number of likely N-dealkylation sites (tertiary alicyclic amines) is 1. The van der Waals surface area contributed by atoms with Gasteiger partial charge in [0.15, 0.2) is 0 Å². The summed E-state index contributed by atoms with van der Waals surface area (Å²) in [5, 5.41) is 8.87. The Balaban J connectivity index is 1.39. The van der Waals surface area contributed by atoms with Crippen LogP contribution in [-0.2, 0) is 6.42 Å². The quantitative estimate of drug-likeness (QED) is 0.879. The molecule has 1 aliphatic heterocycles. The second-order valence-electron chi connectivity index (χ2n) is 6.23. The zero-order valence-electron chi connectivity index (χ0n) is 12.9. The summed E-state index contributed by atoms with van der Waals surface area (Å²) in [7, 11) is 0. The fourth-order valence-corrected chi connectivity index (χ4v) is 3.72. The van der Waals surface area contributed by atoms with Crippen LogP contribution in [0.2, 0.25) is 0 Å². The molecule has 0 aromatic carbocycles. The zero-order chi connectivity index (χ0) is 15.6. The maximum Gasteiger partial charge on any atom is 0.292 e. The molecule has 0 bridgehead atoms. The molecule has 1 aliphatic carbocycles. The summed E-state index contributed by atoms with van der Waals surface area (Å²) in [6.07, 6.45) is 5.28. The fourth-order valence-electron chi connectivity index (χ4n) is 3.02. The molecule has 2 aromatic heterocycles. The Morgan fingerprint density at radius 2 is 2.35 bits per heavy atom. The van der Waals surface area contributed by atoms with Crippen LogP contribution in [0.4, 0.5) is 0 Å².